The van der Waals surface area contributed by atoms with Gasteiger partial charge >= 0.3 is 0 Å². The molecule has 15 heavy (non-hydrogen) atoms. The number of rotatable bonds is 9. The molecule has 0 saturated carbocycles. The molecule has 3 heteroatoms. The third-order valence-electron chi connectivity index (χ3n) is 2.53. The molecule has 0 aliphatic carbocycles. The van der Waals surface area contributed by atoms with Crippen molar-refractivity contribution in [1.29, 1.82) is 0 Å². The van der Waals surface area contributed by atoms with Crippen LogP contribution in [0.1, 0.15) is 58.8 Å². The molecule has 0 rings (SSSR count). The Balaban J connectivity index is 3.29. The lowest BCUT2D eigenvalue weighted by Gasteiger charge is -2.12. The highest BCUT2D eigenvalue weighted by Gasteiger charge is 2.04. The number of nitrogens with zero attached hydrogens (tertiary/aromatic N) is 1. The maximum atomic E-state index is 10.9. The van der Waals surface area contributed by atoms with Crippen LogP contribution in [0.15, 0.2) is 0 Å². The first-order valence-corrected chi connectivity index (χ1v) is 5.94. The van der Waals surface area contributed by atoms with Gasteiger partial charge in [0.25, 0.3) is 0 Å². The fourth-order valence-corrected chi connectivity index (χ4v) is 1.52. The van der Waals surface area contributed by atoms with E-state index in [1.165, 1.54) is 43.9 Å². The summed E-state index contributed by atoms with van der Waals surface area (Å²) in [7, 11) is 0. The third kappa shape index (κ3) is 8.16. The summed E-state index contributed by atoms with van der Waals surface area (Å²) in [4.78, 5) is 22.6. The second-order valence-electron chi connectivity index (χ2n) is 3.94. The summed E-state index contributed by atoms with van der Waals surface area (Å²) in [5.41, 5.74) is 0. The molecule has 0 saturated heterocycles. The van der Waals surface area contributed by atoms with Gasteiger partial charge in [-0.1, -0.05) is 45.4 Å². The van der Waals surface area contributed by atoms with Crippen molar-refractivity contribution in [2.45, 2.75) is 58.8 Å². The van der Waals surface area contributed by atoms with Crippen molar-refractivity contribution in [3.63, 3.8) is 0 Å². The van der Waals surface area contributed by atoms with Gasteiger partial charge in [0.05, 0.1) is 0 Å². The van der Waals surface area contributed by atoms with E-state index in [1.54, 1.807) is 0 Å². The molecule has 0 bridgehead atoms. The molecule has 0 atom stereocenters. The first-order chi connectivity index (χ1) is 7.22. The summed E-state index contributed by atoms with van der Waals surface area (Å²) in [5, 5.41) is 0. The smallest absolute Gasteiger partial charge is 0.225 e. The van der Waals surface area contributed by atoms with E-state index in [2.05, 4.69) is 6.92 Å². The van der Waals surface area contributed by atoms with Crippen LogP contribution in [0.2, 0.25) is 0 Å². The molecule has 0 heterocycles. The van der Waals surface area contributed by atoms with Crippen molar-refractivity contribution in [3.8, 4) is 0 Å². The van der Waals surface area contributed by atoms with Crippen LogP contribution in [-0.4, -0.2) is 23.8 Å². The van der Waals surface area contributed by atoms with Crippen molar-refractivity contribution in [2.75, 3.05) is 6.54 Å². The Morgan fingerprint density at radius 2 is 1.60 bits per heavy atom. The van der Waals surface area contributed by atoms with Crippen LogP contribution in [0, 0.1) is 0 Å². The Labute approximate surface area is 92.8 Å². The summed E-state index contributed by atoms with van der Waals surface area (Å²) in [5.74, 6) is -0.156. The van der Waals surface area contributed by atoms with Crippen molar-refractivity contribution in [1.82, 2.24) is 4.90 Å². The van der Waals surface area contributed by atoms with Crippen molar-refractivity contribution < 1.29 is 9.59 Å². The molecule has 88 valence electrons. The first kappa shape index (κ1) is 14.1. The molecule has 0 unspecified atom stereocenters. The minimum atomic E-state index is -0.156. The molecule has 0 fully saturated rings. The van der Waals surface area contributed by atoms with Crippen LogP contribution in [0.4, 0.5) is 0 Å². The lowest BCUT2D eigenvalue weighted by Crippen LogP contribution is -2.27. The summed E-state index contributed by atoms with van der Waals surface area (Å²) in [6.07, 6.45) is 9.04. The van der Waals surface area contributed by atoms with Gasteiger partial charge in [0, 0.05) is 13.5 Å². The molecular formula is C12H23NO2. The summed E-state index contributed by atoms with van der Waals surface area (Å²) >= 11 is 0. The van der Waals surface area contributed by atoms with Gasteiger partial charge in [0.1, 0.15) is 0 Å². The quantitative estimate of drug-likeness (QED) is 0.436. The third-order valence-corrected chi connectivity index (χ3v) is 2.53. The average Bonchev–Trinajstić information content (AvgIpc) is 2.21. The fourth-order valence-electron chi connectivity index (χ4n) is 1.52. The molecule has 0 N–H and O–H groups in total. The van der Waals surface area contributed by atoms with Gasteiger partial charge in [-0.2, -0.15) is 0 Å². The summed E-state index contributed by atoms with van der Waals surface area (Å²) in [6.45, 7) is 4.21. The standard InChI is InChI=1S/C12H23NO2/c1-3-4-5-6-7-8-9-10-13(11-14)12(2)15/h11H,3-10H2,1-2H3. The van der Waals surface area contributed by atoms with Gasteiger partial charge in [-0.15, -0.1) is 0 Å². The number of hydrogen-bond acceptors (Lipinski definition) is 2. The van der Waals surface area contributed by atoms with Crippen LogP contribution in [0.25, 0.3) is 0 Å². The van der Waals surface area contributed by atoms with E-state index >= 15 is 0 Å². The van der Waals surface area contributed by atoms with E-state index in [9.17, 15) is 9.59 Å². The average molecular weight is 213 g/mol. The minimum Gasteiger partial charge on any atom is -0.286 e. The van der Waals surface area contributed by atoms with E-state index in [-0.39, 0.29) is 5.91 Å². The van der Waals surface area contributed by atoms with E-state index in [0.29, 0.717) is 13.0 Å². The Morgan fingerprint density at radius 3 is 2.07 bits per heavy atom. The fraction of sp³-hybridized carbons (Fsp3) is 0.833. The van der Waals surface area contributed by atoms with E-state index in [0.717, 1.165) is 12.8 Å². The van der Waals surface area contributed by atoms with Gasteiger partial charge in [-0.25, -0.2) is 0 Å². The zero-order valence-corrected chi connectivity index (χ0v) is 10.00. The van der Waals surface area contributed by atoms with Gasteiger partial charge < -0.3 is 0 Å². The molecule has 0 radical (unpaired) electrons. The molecule has 3 nitrogen and oxygen atoms in total. The molecule has 0 aliphatic rings. The first-order valence-electron chi connectivity index (χ1n) is 5.94. The lowest BCUT2D eigenvalue weighted by atomic mass is 10.1. The number of carbonyl (C=O) groups excluding carboxylic acids is 2. The molecule has 0 aromatic heterocycles. The Bertz CT molecular complexity index is 180. The van der Waals surface area contributed by atoms with Gasteiger partial charge in [-0.05, 0) is 6.42 Å². The zero-order chi connectivity index (χ0) is 11.5. The summed E-state index contributed by atoms with van der Waals surface area (Å²) < 4.78 is 0. The molecule has 0 aromatic carbocycles. The van der Waals surface area contributed by atoms with Gasteiger partial charge in [0.15, 0.2) is 0 Å². The van der Waals surface area contributed by atoms with Crippen molar-refractivity contribution in [3.05, 3.63) is 0 Å². The second-order valence-corrected chi connectivity index (χ2v) is 3.94. The Morgan fingerprint density at radius 1 is 1.07 bits per heavy atom. The zero-order valence-electron chi connectivity index (χ0n) is 10.00. The van der Waals surface area contributed by atoms with Gasteiger partial charge in [-0.3, -0.25) is 14.5 Å². The lowest BCUT2D eigenvalue weighted by molar-refractivity contribution is -0.136. The maximum absolute atomic E-state index is 10.9. The topological polar surface area (TPSA) is 37.4 Å². The molecule has 0 aliphatic heterocycles. The minimum absolute atomic E-state index is 0.156. The number of amides is 2. The van der Waals surface area contributed by atoms with Crippen LogP contribution in [0.3, 0.4) is 0 Å². The Kier molecular flexibility index (Phi) is 9.13. The van der Waals surface area contributed by atoms with Crippen LogP contribution in [-0.2, 0) is 9.59 Å². The predicted molar refractivity (Wildman–Crippen MR) is 61.4 cm³/mol. The van der Waals surface area contributed by atoms with E-state index in [4.69, 9.17) is 0 Å². The van der Waals surface area contributed by atoms with Gasteiger partial charge in [0.2, 0.25) is 12.3 Å². The maximum Gasteiger partial charge on any atom is 0.225 e. The van der Waals surface area contributed by atoms with Crippen LogP contribution in [0.5, 0.6) is 0 Å². The van der Waals surface area contributed by atoms with E-state index in [1.807, 2.05) is 0 Å². The highest BCUT2D eigenvalue weighted by atomic mass is 16.2. The van der Waals surface area contributed by atoms with E-state index < -0.39 is 0 Å². The molecule has 0 aromatic rings. The monoisotopic (exact) mass is 213 g/mol. The van der Waals surface area contributed by atoms with Crippen LogP contribution < -0.4 is 0 Å². The summed E-state index contributed by atoms with van der Waals surface area (Å²) in [6, 6.07) is 0. The second kappa shape index (κ2) is 9.69. The number of unbranched alkanes of at least 4 members (excludes halogenated alkanes) is 6. The molecule has 2 amide bonds. The molecule has 0 spiro atoms. The molecular weight excluding hydrogens is 190 g/mol. The highest BCUT2D eigenvalue weighted by molar-refractivity contribution is 5.83. The Hall–Kier alpha value is -0.860. The highest BCUT2D eigenvalue weighted by Crippen LogP contribution is 2.07. The normalized spacial score (nSPS) is 10.0. The number of carbonyl (C=O) groups is 2. The number of imide groups is 1. The van der Waals surface area contributed by atoms with Crippen molar-refractivity contribution in [2.24, 2.45) is 0 Å². The predicted octanol–water partition coefficient (Wildman–Crippen LogP) is 2.74. The largest absolute Gasteiger partial charge is 0.286 e. The van der Waals surface area contributed by atoms with Crippen molar-refractivity contribution >= 4 is 12.3 Å². The number of hydrogen-bond donors (Lipinski definition) is 0. The SMILES string of the molecule is CCCCCCCCCN(C=O)C(C)=O. The van der Waals surface area contributed by atoms with Crippen LogP contribution >= 0.6 is 0 Å².